The van der Waals surface area contributed by atoms with Crippen LogP contribution in [0.1, 0.15) is 0 Å². The second kappa shape index (κ2) is 10.3. The normalized spacial score (nSPS) is 11.8. The molecule has 0 radical (unpaired) electrons. The first-order valence-electron chi connectivity index (χ1n) is 15.9. The maximum Gasteiger partial charge on any atom is 0.137 e. The molecule has 10 aromatic rings. The van der Waals surface area contributed by atoms with Gasteiger partial charge in [-0.25, -0.2) is 0 Å². The Morgan fingerprint density at radius 2 is 1.06 bits per heavy atom. The number of furan rings is 1. The Balaban J connectivity index is 1.31. The summed E-state index contributed by atoms with van der Waals surface area (Å²) in [4.78, 5) is 2.43. The first kappa shape index (κ1) is 26.3. The van der Waals surface area contributed by atoms with E-state index in [9.17, 15) is 0 Å². The van der Waals surface area contributed by atoms with Crippen molar-refractivity contribution < 1.29 is 4.42 Å². The number of nitrogens with zero attached hydrogens (tertiary/aromatic N) is 1. The van der Waals surface area contributed by atoms with Crippen molar-refractivity contribution in [2.24, 2.45) is 0 Å². The van der Waals surface area contributed by atoms with Gasteiger partial charge in [-0.2, -0.15) is 0 Å². The molecule has 2 nitrogen and oxygen atoms in total. The Morgan fingerprint density at radius 3 is 1.98 bits per heavy atom. The molecule has 0 fully saturated rings. The highest BCUT2D eigenvalue weighted by molar-refractivity contribution is 7.25. The van der Waals surface area contributed by atoms with Gasteiger partial charge in [-0.15, -0.1) is 11.3 Å². The van der Waals surface area contributed by atoms with Gasteiger partial charge in [0.05, 0.1) is 11.4 Å². The third-order valence-electron chi connectivity index (χ3n) is 9.45. The summed E-state index contributed by atoms with van der Waals surface area (Å²) in [7, 11) is 0. The van der Waals surface area contributed by atoms with Gasteiger partial charge in [-0.3, -0.25) is 0 Å². The molecule has 0 atom stereocenters. The van der Waals surface area contributed by atoms with Crippen LogP contribution in [0.2, 0.25) is 0 Å². The molecule has 0 N–H and O–H groups in total. The standard InChI is InChI=1S/C44H27NOS/c1-2-13-30-28(12-1)26-39(32-15-4-3-14-31(30)32)45(29-24-25-35-34-17-6-9-21-40(34)46-41(35)27-29)38-20-8-5-16-33(38)36-19-11-23-43-44(36)37-18-7-10-22-42(37)47-43/h1-27H. The van der Waals surface area contributed by atoms with Gasteiger partial charge in [0.15, 0.2) is 0 Å². The molecular formula is C44H27NOS. The van der Waals surface area contributed by atoms with E-state index in [1.54, 1.807) is 0 Å². The second-order valence-corrected chi connectivity index (χ2v) is 13.2. The monoisotopic (exact) mass is 617 g/mol. The fourth-order valence-electron chi connectivity index (χ4n) is 7.38. The number of anilines is 3. The largest absolute Gasteiger partial charge is 0.456 e. The van der Waals surface area contributed by atoms with Gasteiger partial charge in [0.25, 0.3) is 0 Å². The second-order valence-electron chi connectivity index (χ2n) is 12.1. The van der Waals surface area contributed by atoms with E-state index < -0.39 is 0 Å². The number of para-hydroxylation sites is 2. The lowest BCUT2D eigenvalue weighted by atomic mass is 9.95. The number of rotatable bonds is 4. The van der Waals surface area contributed by atoms with Crippen LogP contribution >= 0.6 is 11.3 Å². The lowest BCUT2D eigenvalue weighted by molar-refractivity contribution is 0.669. The highest BCUT2D eigenvalue weighted by atomic mass is 32.1. The molecule has 2 heterocycles. The van der Waals surface area contributed by atoms with Gasteiger partial charge < -0.3 is 9.32 Å². The van der Waals surface area contributed by atoms with Crippen LogP contribution in [-0.4, -0.2) is 0 Å². The molecule has 0 saturated heterocycles. The highest BCUT2D eigenvalue weighted by Gasteiger charge is 2.23. The Morgan fingerprint density at radius 1 is 0.404 bits per heavy atom. The molecule has 0 aliphatic carbocycles. The number of hydrogen-bond acceptors (Lipinski definition) is 3. The minimum atomic E-state index is 0.877. The first-order valence-corrected chi connectivity index (χ1v) is 16.7. The van der Waals surface area contributed by atoms with Crippen molar-refractivity contribution in [3.8, 4) is 11.1 Å². The predicted octanol–water partition coefficient (Wildman–Crippen LogP) is 13.4. The summed E-state index contributed by atoms with van der Waals surface area (Å²) in [6, 6.07) is 59.1. The van der Waals surface area contributed by atoms with E-state index in [1.807, 2.05) is 23.5 Å². The molecular weight excluding hydrogens is 591 g/mol. The molecule has 0 aliphatic heterocycles. The molecule has 47 heavy (non-hydrogen) atoms. The van der Waals surface area contributed by atoms with E-state index in [4.69, 9.17) is 4.42 Å². The summed E-state index contributed by atoms with van der Waals surface area (Å²) in [6.07, 6.45) is 0. The van der Waals surface area contributed by atoms with Gasteiger partial charge in [-0.1, -0.05) is 115 Å². The van der Waals surface area contributed by atoms with Gasteiger partial charge >= 0.3 is 0 Å². The summed E-state index contributed by atoms with van der Waals surface area (Å²) in [5.74, 6) is 0. The Labute approximate surface area is 275 Å². The van der Waals surface area contributed by atoms with E-state index in [2.05, 4.69) is 157 Å². The number of fused-ring (bicyclic) bond motifs is 9. The third-order valence-corrected chi connectivity index (χ3v) is 10.6. The van der Waals surface area contributed by atoms with Crippen molar-refractivity contribution in [3.05, 3.63) is 164 Å². The molecule has 3 heteroatoms. The molecule has 0 bridgehead atoms. The van der Waals surface area contributed by atoms with Crippen molar-refractivity contribution in [2.75, 3.05) is 4.90 Å². The van der Waals surface area contributed by atoms with Crippen molar-refractivity contribution >= 4 is 92.1 Å². The molecule has 220 valence electrons. The summed E-state index contributed by atoms with van der Waals surface area (Å²) >= 11 is 1.86. The summed E-state index contributed by atoms with van der Waals surface area (Å²) in [5, 5.41) is 9.75. The molecule has 0 spiro atoms. The highest BCUT2D eigenvalue weighted by Crippen LogP contribution is 2.48. The van der Waals surface area contributed by atoms with Crippen LogP contribution in [0.4, 0.5) is 17.1 Å². The van der Waals surface area contributed by atoms with Gasteiger partial charge in [0, 0.05) is 53.6 Å². The zero-order valence-electron chi connectivity index (χ0n) is 25.4. The van der Waals surface area contributed by atoms with Crippen LogP contribution in [-0.2, 0) is 0 Å². The molecule has 2 aromatic heterocycles. The smallest absolute Gasteiger partial charge is 0.137 e. The number of benzene rings is 8. The molecule has 0 unspecified atom stereocenters. The van der Waals surface area contributed by atoms with Gasteiger partial charge in [0.2, 0.25) is 0 Å². The Kier molecular flexibility index (Phi) is 5.78. The molecule has 0 amide bonds. The van der Waals surface area contributed by atoms with Crippen LogP contribution in [0, 0.1) is 0 Å². The average Bonchev–Trinajstić information content (AvgIpc) is 3.70. The molecule has 0 saturated carbocycles. The van der Waals surface area contributed by atoms with Crippen LogP contribution in [0.25, 0.3) is 74.8 Å². The Hall–Kier alpha value is -5.90. The molecule has 0 aliphatic rings. The SMILES string of the molecule is c1ccc(N(c2ccc3c(c2)oc2ccccc23)c2cc3ccccc3c3ccccc23)c(-c2cccc3sc4ccccc4c23)c1. The van der Waals surface area contributed by atoms with E-state index >= 15 is 0 Å². The van der Waals surface area contributed by atoms with Crippen LogP contribution < -0.4 is 4.90 Å². The van der Waals surface area contributed by atoms with E-state index in [1.165, 1.54) is 52.8 Å². The van der Waals surface area contributed by atoms with Crippen molar-refractivity contribution in [1.82, 2.24) is 0 Å². The minimum Gasteiger partial charge on any atom is -0.456 e. The summed E-state index contributed by atoms with van der Waals surface area (Å²) in [6.45, 7) is 0. The lowest BCUT2D eigenvalue weighted by Crippen LogP contribution is -2.12. The van der Waals surface area contributed by atoms with E-state index in [-0.39, 0.29) is 0 Å². The van der Waals surface area contributed by atoms with Gasteiger partial charge in [-0.05, 0) is 64.2 Å². The number of hydrogen-bond donors (Lipinski definition) is 0. The van der Waals surface area contributed by atoms with Crippen molar-refractivity contribution in [2.45, 2.75) is 0 Å². The van der Waals surface area contributed by atoms with Crippen LogP contribution in [0.15, 0.2) is 168 Å². The zero-order valence-corrected chi connectivity index (χ0v) is 26.2. The van der Waals surface area contributed by atoms with Crippen molar-refractivity contribution in [3.63, 3.8) is 0 Å². The first-order chi connectivity index (χ1) is 23.3. The third kappa shape index (κ3) is 4.04. The zero-order chi connectivity index (χ0) is 30.9. The lowest BCUT2D eigenvalue weighted by Gasteiger charge is -2.29. The fourth-order valence-corrected chi connectivity index (χ4v) is 8.51. The van der Waals surface area contributed by atoms with E-state index in [0.717, 1.165) is 39.0 Å². The van der Waals surface area contributed by atoms with Crippen molar-refractivity contribution in [1.29, 1.82) is 0 Å². The molecule has 10 rings (SSSR count). The maximum atomic E-state index is 6.46. The topological polar surface area (TPSA) is 16.4 Å². The fraction of sp³-hybridized carbons (Fsp3) is 0. The summed E-state index contributed by atoms with van der Waals surface area (Å²) < 4.78 is 9.06. The van der Waals surface area contributed by atoms with Crippen LogP contribution in [0.5, 0.6) is 0 Å². The molecule has 8 aromatic carbocycles. The maximum absolute atomic E-state index is 6.46. The summed E-state index contributed by atoms with van der Waals surface area (Å²) in [5.41, 5.74) is 7.49. The predicted molar refractivity (Wildman–Crippen MR) is 202 cm³/mol. The van der Waals surface area contributed by atoms with E-state index in [0.29, 0.717) is 0 Å². The quantitative estimate of drug-likeness (QED) is 0.183. The Bertz CT molecular complexity index is 2820. The van der Waals surface area contributed by atoms with Gasteiger partial charge in [0.1, 0.15) is 11.2 Å². The minimum absolute atomic E-state index is 0.877. The van der Waals surface area contributed by atoms with Crippen LogP contribution in [0.3, 0.4) is 0 Å². The average molecular weight is 618 g/mol. The number of thiophene rings is 1.